The molecule has 2 aromatic rings. The lowest BCUT2D eigenvalue weighted by Crippen LogP contribution is -2.05. The van der Waals surface area contributed by atoms with Crippen molar-refractivity contribution in [2.75, 3.05) is 5.32 Å². The van der Waals surface area contributed by atoms with Crippen molar-refractivity contribution >= 4 is 17.3 Å². The highest BCUT2D eigenvalue weighted by atomic mass is 35.5. The summed E-state index contributed by atoms with van der Waals surface area (Å²) in [6.45, 7) is -0.0513. The van der Waals surface area contributed by atoms with Gasteiger partial charge in [0.1, 0.15) is 5.82 Å². The molecule has 0 aliphatic carbocycles. The van der Waals surface area contributed by atoms with Crippen LogP contribution < -0.4 is 5.32 Å². The van der Waals surface area contributed by atoms with Crippen molar-refractivity contribution in [3.8, 4) is 0 Å². The van der Waals surface area contributed by atoms with E-state index in [1.807, 2.05) is 0 Å². The summed E-state index contributed by atoms with van der Waals surface area (Å²) in [6.07, 6.45) is 0. The first-order valence-corrected chi connectivity index (χ1v) is 5.58. The Balaban J connectivity index is 2.19. The van der Waals surface area contributed by atoms with Crippen LogP contribution in [0, 0.1) is 17.5 Å². The zero-order chi connectivity index (χ0) is 13.1. The molecule has 0 saturated carbocycles. The maximum atomic E-state index is 13.4. The molecule has 0 aliphatic heterocycles. The maximum Gasteiger partial charge on any atom is 0.163 e. The normalized spacial score (nSPS) is 10.4. The molecule has 0 unspecified atom stereocenters. The van der Waals surface area contributed by atoms with Gasteiger partial charge in [0.2, 0.25) is 0 Å². The Hall–Kier alpha value is -1.68. The van der Waals surface area contributed by atoms with Gasteiger partial charge < -0.3 is 5.32 Å². The molecule has 0 atom stereocenters. The molecule has 0 radical (unpaired) electrons. The Kier molecular flexibility index (Phi) is 3.77. The van der Waals surface area contributed by atoms with E-state index in [4.69, 9.17) is 11.6 Å². The molecule has 94 valence electrons. The van der Waals surface area contributed by atoms with Crippen molar-refractivity contribution in [1.29, 1.82) is 0 Å². The van der Waals surface area contributed by atoms with Crippen LogP contribution in [0.15, 0.2) is 36.4 Å². The maximum absolute atomic E-state index is 13.4. The summed E-state index contributed by atoms with van der Waals surface area (Å²) >= 11 is 5.80. The van der Waals surface area contributed by atoms with Crippen LogP contribution in [0.4, 0.5) is 18.9 Å². The molecule has 2 rings (SSSR count). The largest absolute Gasteiger partial charge is 0.377 e. The van der Waals surface area contributed by atoms with Crippen molar-refractivity contribution in [3.63, 3.8) is 0 Å². The average Bonchev–Trinajstić information content (AvgIpc) is 2.33. The Morgan fingerprint density at radius 3 is 2.33 bits per heavy atom. The van der Waals surface area contributed by atoms with E-state index in [0.29, 0.717) is 0 Å². The van der Waals surface area contributed by atoms with Crippen molar-refractivity contribution in [1.82, 2.24) is 0 Å². The van der Waals surface area contributed by atoms with E-state index < -0.39 is 17.5 Å². The fourth-order valence-electron chi connectivity index (χ4n) is 1.54. The lowest BCUT2D eigenvalue weighted by molar-refractivity contribution is 0.500. The van der Waals surface area contributed by atoms with E-state index in [2.05, 4.69) is 5.32 Å². The van der Waals surface area contributed by atoms with Gasteiger partial charge in [-0.3, -0.25) is 0 Å². The number of rotatable bonds is 3. The molecule has 0 aliphatic rings. The molecule has 0 aromatic heterocycles. The molecule has 1 N–H and O–H groups in total. The van der Waals surface area contributed by atoms with Crippen LogP contribution in [0.3, 0.4) is 0 Å². The van der Waals surface area contributed by atoms with Crippen molar-refractivity contribution in [2.24, 2.45) is 0 Å². The standard InChI is InChI=1S/C13H9ClF3N/c14-9-4-2-6-11(16)13(9)18-7-8-3-1-5-10(15)12(8)17/h1-6,18H,7H2. The SMILES string of the molecule is Fc1cccc(CNc2c(F)cccc2Cl)c1F. The Labute approximate surface area is 107 Å². The monoisotopic (exact) mass is 271 g/mol. The van der Waals surface area contributed by atoms with Crippen molar-refractivity contribution in [3.05, 3.63) is 64.4 Å². The van der Waals surface area contributed by atoms with Crippen LogP contribution in [0.1, 0.15) is 5.56 Å². The molecule has 0 bridgehead atoms. The Morgan fingerprint density at radius 2 is 1.61 bits per heavy atom. The summed E-state index contributed by atoms with van der Waals surface area (Å²) in [5, 5.41) is 2.84. The molecule has 0 spiro atoms. The van der Waals surface area contributed by atoms with Gasteiger partial charge in [0, 0.05) is 12.1 Å². The molecule has 0 heterocycles. The quantitative estimate of drug-likeness (QED) is 0.874. The third-order valence-electron chi connectivity index (χ3n) is 2.45. The minimum atomic E-state index is -0.947. The second kappa shape index (κ2) is 5.31. The lowest BCUT2D eigenvalue weighted by atomic mass is 10.2. The van der Waals surface area contributed by atoms with E-state index >= 15 is 0 Å². The number of para-hydroxylation sites is 1. The first-order chi connectivity index (χ1) is 8.59. The fourth-order valence-corrected chi connectivity index (χ4v) is 1.77. The van der Waals surface area contributed by atoms with Crippen LogP contribution >= 0.6 is 11.6 Å². The molecule has 0 fully saturated rings. The Bertz CT molecular complexity index is 552. The van der Waals surface area contributed by atoms with E-state index in [-0.39, 0.29) is 22.8 Å². The summed E-state index contributed by atoms with van der Waals surface area (Å²) in [4.78, 5) is 0. The summed E-state index contributed by atoms with van der Waals surface area (Å²) in [6, 6.07) is 8.03. The van der Waals surface area contributed by atoms with Gasteiger partial charge >= 0.3 is 0 Å². The minimum Gasteiger partial charge on any atom is -0.377 e. The first kappa shape index (κ1) is 12.8. The van der Waals surface area contributed by atoms with Crippen LogP contribution in [0.2, 0.25) is 5.02 Å². The summed E-state index contributed by atoms with van der Waals surface area (Å²) in [5.41, 5.74) is 0.178. The smallest absolute Gasteiger partial charge is 0.163 e. The summed E-state index contributed by atoms with van der Waals surface area (Å²) in [7, 11) is 0. The number of hydrogen-bond donors (Lipinski definition) is 1. The molecular weight excluding hydrogens is 263 g/mol. The van der Waals surface area contributed by atoms with Gasteiger partial charge in [-0.05, 0) is 18.2 Å². The molecule has 2 aromatic carbocycles. The highest BCUT2D eigenvalue weighted by Gasteiger charge is 2.10. The van der Waals surface area contributed by atoms with Crippen LogP contribution in [0.5, 0.6) is 0 Å². The predicted molar refractivity (Wildman–Crippen MR) is 65.1 cm³/mol. The van der Waals surface area contributed by atoms with Crippen LogP contribution in [0.25, 0.3) is 0 Å². The van der Waals surface area contributed by atoms with Gasteiger partial charge in [-0.2, -0.15) is 0 Å². The zero-order valence-electron chi connectivity index (χ0n) is 9.18. The second-order valence-electron chi connectivity index (χ2n) is 3.66. The number of anilines is 1. The number of nitrogens with one attached hydrogen (secondary N) is 1. The number of hydrogen-bond acceptors (Lipinski definition) is 1. The van der Waals surface area contributed by atoms with Gasteiger partial charge in [-0.1, -0.05) is 29.8 Å². The fraction of sp³-hybridized carbons (Fsp3) is 0.0769. The van der Waals surface area contributed by atoms with Gasteiger partial charge in [0.15, 0.2) is 11.6 Å². The van der Waals surface area contributed by atoms with E-state index in [0.717, 1.165) is 6.07 Å². The minimum absolute atomic E-state index is 0.0513. The lowest BCUT2D eigenvalue weighted by Gasteiger charge is -2.10. The molecule has 18 heavy (non-hydrogen) atoms. The van der Waals surface area contributed by atoms with Gasteiger partial charge in [-0.25, -0.2) is 13.2 Å². The van der Waals surface area contributed by atoms with Gasteiger partial charge in [-0.15, -0.1) is 0 Å². The van der Waals surface area contributed by atoms with Crippen LogP contribution in [-0.4, -0.2) is 0 Å². The third-order valence-corrected chi connectivity index (χ3v) is 2.76. The van der Waals surface area contributed by atoms with Crippen molar-refractivity contribution in [2.45, 2.75) is 6.54 Å². The number of benzene rings is 2. The highest BCUT2D eigenvalue weighted by molar-refractivity contribution is 6.33. The van der Waals surface area contributed by atoms with E-state index in [1.54, 1.807) is 0 Å². The number of halogens is 4. The third kappa shape index (κ3) is 2.59. The first-order valence-electron chi connectivity index (χ1n) is 5.20. The van der Waals surface area contributed by atoms with E-state index in [1.165, 1.54) is 30.3 Å². The second-order valence-corrected chi connectivity index (χ2v) is 4.07. The molecule has 1 nitrogen and oxygen atoms in total. The predicted octanol–water partition coefficient (Wildman–Crippen LogP) is 4.37. The highest BCUT2D eigenvalue weighted by Crippen LogP contribution is 2.25. The van der Waals surface area contributed by atoms with Crippen molar-refractivity contribution < 1.29 is 13.2 Å². The average molecular weight is 272 g/mol. The molecular formula is C13H9ClF3N. The summed E-state index contributed by atoms with van der Waals surface area (Å²) < 4.78 is 39.7. The molecule has 5 heteroatoms. The Morgan fingerprint density at radius 1 is 0.944 bits per heavy atom. The van der Waals surface area contributed by atoms with Gasteiger partial charge in [0.25, 0.3) is 0 Å². The summed E-state index contributed by atoms with van der Waals surface area (Å²) in [5.74, 6) is -2.43. The zero-order valence-corrected chi connectivity index (χ0v) is 9.94. The van der Waals surface area contributed by atoms with Crippen LogP contribution in [-0.2, 0) is 6.54 Å². The topological polar surface area (TPSA) is 12.0 Å². The van der Waals surface area contributed by atoms with Gasteiger partial charge in [0.05, 0.1) is 10.7 Å². The van der Waals surface area contributed by atoms with E-state index in [9.17, 15) is 13.2 Å². The molecule has 0 saturated heterocycles. The molecule has 0 amide bonds.